The van der Waals surface area contributed by atoms with Crippen molar-refractivity contribution < 1.29 is 15.1 Å². The molecule has 0 unspecified atom stereocenters. The summed E-state index contributed by atoms with van der Waals surface area (Å²) in [5, 5.41) is 28.7. The van der Waals surface area contributed by atoms with Gasteiger partial charge in [-0.1, -0.05) is 0 Å². The van der Waals surface area contributed by atoms with E-state index in [0.717, 1.165) is 0 Å². The Morgan fingerprint density at radius 3 is 2.75 bits per heavy atom. The third-order valence-corrected chi connectivity index (χ3v) is 2.29. The monoisotopic (exact) mass is 226 g/mol. The summed E-state index contributed by atoms with van der Waals surface area (Å²) < 4.78 is 0. The number of phenols is 1. The second kappa shape index (κ2) is 5.43. The van der Waals surface area contributed by atoms with E-state index in [0.29, 0.717) is 18.4 Å². The van der Waals surface area contributed by atoms with E-state index in [2.05, 4.69) is 0 Å². The molecule has 1 aromatic rings. The zero-order chi connectivity index (χ0) is 12.1. The van der Waals surface area contributed by atoms with Crippen molar-refractivity contribution >= 4 is 5.69 Å². The molecule has 4 N–H and O–H groups in total. The van der Waals surface area contributed by atoms with Crippen LogP contribution in [0.25, 0.3) is 0 Å². The molecule has 0 fully saturated rings. The van der Waals surface area contributed by atoms with Crippen LogP contribution in [-0.4, -0.2) is 21.7 Å². The Morgan fingerprint density at radius 2 is 2.19 bits per heavy atom. The molecule has 1 atom stereocenters. The molecule has 0 aromatic heterocycles. The molecule has 6 nitrogen and oxygen atoms in total. The highest BCUT2D eigenvalue weighted by Crippen LogP contribution is 2.29. The van der Waals surface area contributed by atoms with Crippen molar-refractivity contribution in [2.45, 2.75) is 18.9 Å². The largest absolute Gasteiger partial charge is 0.508 e. The van der Waals surface area contributed by atoms with Crippen LogP contribution < -0.4 is 5.73 Å². The number of nitro groups is 1. The molecule has 0 heterocycles. The Balaban J connectivity index is 2.92. The summed E-state index contributed by atoms with van der Waals surface area (Å²) in [5.74, 6) is -0.0592. The molecule has 1 rings (SSSR count). The number of benzene rings is 1. The number of nitrogens with zero attached hydrogens (tertiary/aromatic N) is 1. The minimum Gasteiger partial charge on any atom is -0.508 e. The van der Waals surface area contributed by atoms with Crippen molar-refractivity contribution in [3.8, 4) is 5.75 Å². The standard InChI is InChI=1S/C10H14N2O4/c11-9(2-1-5-13)8-6-7(12(15)16)3-4-10(8)14/h3-4,6,9,13-14H,1-2,5,11H2/t9-/m0/s1. The van der Waals surface area contributed by atoms with Gasteiger partial charge in [0.2, 0.25) is 0 Å². The Labute approximate surface area is 92.5 Å². The van der Waals surface area contributed by atoms with Gasteiger partial charge in [0.1, 0.15) is 5.75 Å². The van der Waals surface area contributed by atoms with E-state index < -0.39 is 11.0 Å². The molecule has 88 valence electrons. The van der Waals surface area contributed by atoms with Gasteiger partial charge in [0.05, 0.1) is 4.92 Å². The van der Waals surface area contributed by atoms with Crippen molar-refractivity contribution in [2.24, 2.45) is 5.73 Å². The lowest BCUT2D eigenvalue weighted by atomic mass is 10.0. The average molecular weight is 226 g/mol. The molecule has 1 aromatic carbocycles. The first-order valence-electron chi connectivity index (χ1n) is 4.90. The van der Waals surface area contributed by atoms with Crippen LogP contribution in [0, 0.1) is 10.1 Å². The fourth-order valence-electron chi connectivity index (χ4n) is 1.42. The molecule has 0 aliphatic heterocycles. The first-order chi connectivity index (χ1) is 7.56. The lowest BCUT2D eigenvalue weighted by molar-refractivity contribution is -0.385. The van der Waals surface area contributed by atoms with Gasteiger partial charge >= 0.3 is 0 Å². The van der Waals surface area contributed by atoms with E-state index in [-0.39, 0.29) is 18.0 Å². The minimum atomic E-state index is -0.540. The molecule has 16 heavy (non-hydrogen) atoms. The Morgan fingerprint density at radius 1 is 1.50 bits per heavy atom. The predicted octanol–water partition coefficient (Wildman–Crippen LogP) is 1.07. The van der Waals surface area contributed by atoms with Crippen LogP contribution in [0.3, 0.4) is 0 Å². The maximum atomic E-state index is 10.5. The molecule has 0 amide bonds. The summed E-state index contributed by atoms with van der Waals surface area (Å²) in [6.07, 6.45) is 0.953. The molecule has 0 spiro atoms. The quantitative estimate of drug-likeness (QED) is 0.514. The van der Waals surface area contributed by atoms with E-state index in [4.69, 9.17) is 10.8 Å². The summed E-state index contributed by atoms with van der Waals surface area (Å²) >= 11 is 0. The fourth-order valence-corrected chi connectivity index (χ4v) is 1.42. The fraction of sp³-hybridized carbons (Fsp3) is 0.400. The van der Waals surface area contributed by atoms with Crippen molar-refractivity contribution in [3.05, 3.63) is 33.9 Å². The van der Waals surface area contributed by atoms with Crippen LogP contribution in [0.4, 0.5) is 5.69 Å². The third kappa shape index (κ3) is 2.91. The van der Waals surface area contributed by atoms with Crippen molar-refractivity contribution in [1.82, 2.24) is 0 Å². The number of aromatic hydroxyl groups is 1. The summed E-state index contributed by atoms with van der Waals surface area (Å²) in [5.41, 5.74) is 5.99. The zero-order valence-electron chi connectivity index (χ0n) is 8.67. The minimum absolute atomic E-state index is 0.00336. The van der Waals surface area contributed by atoms with E-state index in [1.165, 1.54) is 18.2 Å². The number of hydrogen-bond acceptors (Lipinski definition) is 5. The van der Waals surface area contributed by atoms with Crippen LogP contribution in [0.1, 0.15) is 24.4 Å². The molecule has 0 aliphatic rings. The molecular formula is C10H14N2O4. The number of nitro benzene ring substituents is 1. The van der Waals surface area contributed by atoms with Crippen LogP contribution in [-0.2, 0) is 0 Å². The van der Waals surface area contributed by atoms with Gasteiger partial charge in [-0.2, -0.15) is 0 Å². The Hall–Kier alpha value is -1.66. The molecule has 0 saturated heterocycles. The van der Waals surface area contributed by atoms with Gasteiger partial charge in [0.15, 0.2) is 0 Å². The number of nitrogens with two attached hydrogens (primary N) is 1. The van der Waals surface area contributed by atoms with Crippen molar-refractivity contribution in [2.75, 3.05) is 6.61 Å². The van der Waals surface area contributed by atoms with Crippen LogP contribution in [0.5, 0.6) is 5.75 Å². The number of aliphatic hydroxyl groups is 1. The van der Waals surface area contributed by atoms with Gasteiger partial charge in [-0.05, 0) is 18.9 Å². The lowest BCUT2D eigenvalue weighted by Crippen LogP contribution is -2.11. The SMILES string of the molecule is N[C@@H](CCCO)c1cc([N+](=O)[O-])ccc1O. The number of non-ortho nitro benzene ring substituents is 1. The highest BCUT2D eigenvalue weighted by molar-refractivity contribution is 5.44. The van der Waals surface area contributed by atoms with Crippen LogP contribution in [0.2, 0.25) is 0 Å². The van der Waals surface area contributed by atoms with Gasteiger partial charge < -0.3 is 15.9 Å². The maximum absolute atomic E-state index is 10.5. The first-order valence-corrected chi connectivity index (χ1v) is 4.90. The lowest BCUT2D eigenvalue weighted by Gasteiger charge is -2.12. The highest BCUT2D eigenvalue weighted by atomic mass is 16.6. The number of aliphatic hydroxyl groups excluding tert-OH is 1. The normalized spacial score (nSPS) is 12.4. The van der Waals surface area contributed by atoms with Crippen molar-refractivity contribution in [1.29, 1.82) is 0 Å². The number of phenolic OH excluding ortho intramolecular Hbond substituents is 1. The topological polar surface area (TPSA) is 110 Å². The molecule has 6 heteroatoms. The number of hydrogen-bond donors (Lipinski definition) is 3. The predicted molar refractivity (Wildman–Crippen MR) is 58.0 cm³/mol. The Kier molecular flexibility index (Phi) is 4.21. The van der Waals surface area contributed by atoms with E-state index in [1.807, 2.05) is 0 Å². The molecule has 0 bridgehead atoms. The van der Waals surface area contributed by atoms with Gasteiger partial charge in [-0.3, -0.25) is 10.1 Å². The average Bonchev–Trinajstić information content (AvgIpc) is 2.26. The van der Waals surface area contributed by atoms with Crippen molar-refractivity contribution in [3.63, 3.8) is 0 Å². The van der Waals surface area contributed by atoms with Gasteiger partial charge in [-0.25, -0.2) is 0 Å². The van der Waals surface area contributed by atoms with Gasteiger partial charge in [0, 0.05) is 30.3 Å². The van der Waals surface area contributed by atoms with Crippen LogP contribution in [0.15, 0.2) is 18.2 Å². The zero-order valence-corrected chi connectivity index (χ0v) is 8.67. The third-order valence-electron chi connectivity index (χ3n) is 2.29. The van der Waals surface area contributed by atoms with Crippen LogP contribution >= 0.6 is 0 Å². The molecule has 0 saturated carbocycles. The van der Waals surface area contributed by atoms with Gasteiger partial charge in [0.25, 0.3) is 5.69 Å². The molecular weight excluding hydrogens is 212 g/mol. The number of rotatable bonds is 5. The molecule has 0 radical (unpaired) electrons. The summed E-state index contributed by atoms with van der Waals surface area (Å²) in [6.45, 7) is 0.00336. The summed E-state index contributed by atoms with van der Waals surface area (Å²) in [4.78, 5) is 10.0. The smallest absolute Gasteiger partial charge is 0.270 e. The first kappa shape index (κ1) is 12.4. The Bertz CT molecular complexity index is 381. The van der Waals surface area contributed by atoms with E-state index >= 15 is 0 Å². The summed E-state index contributed by atoms with van der Waals surface area (Å²) in [7, 11) is 0. The van der Waals surface area contributed by atoms with E-state index in [9.17, 15) is 15.2 Å². The summed E-state index contributed by atoms with van der Waals surface area (Å²) in [6, 6.07) is 3.23. The van der Waals surface area contributed by atoms with Gasteiger partial charge in [-0.15, -0.1) is 0 Å². The second-order valence-corrected chi connectivity index (χ2v) is 3.47. The molecule has 0 aliphatic carbocycles. The highest BCUT2D eigenvalue weighted by Gasteiger charge is 2.15. The second-order valence-electron chi connectivity index (χ2n) is 3.47. The maximum Gasteiger partial charge on any atom is 0.270 e. The van der Waals surface area contributed by atoms with E-state index in [1.54, 1.807) is 0 Å².